The normalized spacial score (nSPS) is 10.8. The van der Waals surface area contributed by atoms with Gasteiger partial charge in [0.1, 0.15) is 5.75 Å². The van der Waals surface area contributed by atoms with Gasteiger partial charge in [-0.25, -0.2) is 0 Å². The molecule has 1 N–H and O–H groups in total. The molecule has 0 aliphatic heterocycles. The van der Waals surface area contributed by atoms with E-state index in [0.29, 0.717) is 12.1 Å². The minimum absolute atomic E-state index is 0.116. The maximum absolute atomic E-state index is 13.1. The van der Waals surface area contributed by atoms with Crippen molar-refractivity contribution < 1.29 is 9.53 Å². The summed E-state index contributed by atoms with van der Waals surface area (Å²) >= 11 is 0. The third-order valence-electron chi connectivity index (χ3n) is 5.16. The Hall–Kier alpha value is -3.66. The van der Waals surface area contributed by atoms with Crippen LogP contribution in [0.15, 0.2) is 72.8 Å². The molecule has 0 saturated carbocycles. The highest BCUT2D eigenvalue weighted by Gasteiger charge is 2.15. The smallest absolute Gasteiger partial charge is 0.252 e. The zero-order valence-electron chi connectivity index (χ0n) is 17.4. The number of benzene rings is 3. The zero-order valence-corrected chi connectivity index (χ0v) is 17.4. The molecule has 4 nitrogen and oxygen atoms in total. The molecule has 1 heterocycles. The van der Waals surface area contributed by atoms with Gasteiger partial charge >= 0.3 is 0 Å². The molecule has 0 radical (unpaired) electrons. The first-order chi connectivity index (χ1) is 14.5. The molecule has 0 atom stereocenters. The maximum atomic E-state index is 13.1. The van der Waals surface area contributed by atoms with E-state index in [9.17, 15) is 4.79 Å². The van der Waals surface area contributed by atoms with Crippen LogP contribution in [0.2, 0.25) is 0 Å². The number of ether oxygens (including phenoxy) is 1. The summed E-state index contributed by atoms with van der Waals surface area (Å²) in [4.78, 5) is 17.8. The van der Waals surface area contributed by atoms with Crippen molar-refractivity contribution in [2.75, 3.05) is 7.11 Å². The van der Waals surface area contributed by atoms with Gasteiger partial charge in [0.05, 0.1) is 18.2 Å². The third kappa shape index (κ3) is 4.03. The lowest BCUT2D eigenvalue weighted by Crippen LogP contribution is -2.23. The molecule has 150 valence electrons. The predicted octanol–water partition coefficient (Wildman–Crippen LogP) is 5.46. The van der Waals surface area contributed by atoms with E-state index in [1.54, 1.807) is 7.11 Å². The second kappa shape index (κ2) is 8.37. The van der Waals surface area contributed by atoms with Crippen molar-refractivity contribution in [3.05, 3.63) is 95.2 Å². The average Bonchev–Trinajstić information content (AvgIpc) is 2.77. The number of rotatable bonds is 5. The molecule has 0 fully saturated rings. The van der Waals surface area contributed by atoms with Crippen LogP contribution in [0.4, 0.5) is 0 Å². The average molecular weight is 396 g/mol. The van der Waals surface area contributed by atoms with Crippen molar-refractivity contribution in [1.29, 1.82) is 0 Å². The number of nitrogens with zero attached hydrogens (tertiary/aromatic N) is 1. The predicted molar refractivity (Wildman–Crippen MR) is 121 cm³/mol. The van der Waals surface area contributed by atoms with E-state index in [1.807, 2.05) is 49.4 Å². The van der Waals surface area contributed by atoms with Crippen LogP contribution in [0, 0.1) is 13.8 Å². The van der Waals surface area contributed by atoms with E-state index >= 15 is 0 Å². The number of carbonyl (C=O) groups excluding carboxylic acids is 1. The number of hydrogen-bond acceptors (Lipinski definition) is 3. The quantitative estimate of drug-likeness (QED) is 0.487. The molecule has 0 spiro atoms. The minimum Gasteiger partial charge on any atom is -0.497 e. The standard InChI is InChI=1S/C26H24N2O2/c1-17-10-12-20(13-11-17)22-8-5-9-23-24(14-18(2)28-25(22)23)26(29)27-16-19-6-4-7-21(15-19)30-3/h4-15H,16H2,1-3H3,(H,27,29). The van der Waals surface area contributed by atoms with Gasteiger partial charge in [0.15, 0.2) is 0 Å². The molecule has 4 rings (SSSR count). The first-order valence-corrected chi connectivity index (χ1v) is 9.93. The van der Waals surface area contributed by atoms with Gasteiger partial charge < -0.3 is 10.1 Å². The number of para-hydroxylation sites is 1. The van der Waals surface area contributed by atoms with Gasteiger partial charge in [-0.15, -0.1) is 0 Å². The Labute approximate surface area is 176 Å². The number of pyridine rings is 1. The van der Waals surface area contributed by atoms with Crippen molar-refractivity contribution in [1.82, 2.24) is 10.3 Å². The molecule has 0 saturated heterocycles. The zero-order chi connectivity index (χ0) is 21.1. The summed E-state index contributed by atoms with van der Waals surface area (Å²) in [5.74, 6) is 0.657. The Bertz CT molecular complexity index is 1210. The van der Waals surface area contributed by atoms with E-state index in [1.165, 1.54) is 5.56 Å². The van der Waals surface area contributed by atoms with Crippen LogP contribution in [0.3, 0.4) is 0 Å². The van der Waals surface area contributed by atoms with Crippen LogP contribution in [-0.2, 0) is 6.54 Å². The molecule has 1 amide bonds. The second-order valence-electron chi connectivity index (χ2n) is 7.41. The summed E-state index contributed by atoms with van der Waals surface area (Å²) in [6.45, 7) is 4.42. The third-order valence-corrected chi connectivity index (χ3v) is 5.16. The lowest BCUT2D eigenvalue weighted by atomic mass is 9.98. The van der Waals surface area contributed by atoms with Crippen molar-refractivity contribution in [2.24, 2.45) is 0 Å². The van der Waals surface area contributed by atoms with Crippen LogP contribution < -0.4 is 10.1 Å². The molecule has 4 heteroatoms. The Morgan fingerprint density at radius 1 is 0.967 bits per heavy atom. The van der Waals surface area contributed by atoms with Crippen molar-refractivity contribution in [2.45, 2.75) is 20.4 Å². The number of carbonyl (C=O) groups is 1. The highest BCUT2D eigenvalue weighted by atomic mass is 16.5. The molecule has 0 bridgehead atoms. The van der Waals surface area contributed by atoms with Crippen LogP contribution >= 0.6 is 0 Å². The number of hydrogen-bond donors (Lipinski definition) is 1. The van der Waals surface area contributed by atoms with Gasteiger partial charge in [-0.2, -0.15) is 0 Å². The highest BCUT2D eigenvalue weighted by Crippen LogP contribution is 2.30. The van der Waals surface area contributed by atoms with Gasteiger partial charge in [-0.1, -0.05) is 60.2 Å². The van der Waals surface area contributed by atoms with E-state index in [-0.39, 0.29) is 5.91 Å². The summed E-state index contributed by atoms with van der Waals surface area (Å²) in [7, 11) is 1.63. The number of aromatic nitrogens is 1. The lowest BCUT2D eigenvalue weighted by Gasteiger charge is -2.12. The minimum atomic E-state index is -0.116. The van der Waals surface area contributed by atoms with E-state index in [2.05, 4.69) is 42.6 Å². The first-order valence-electron chi connectivity index (χ1n) is 9.93. The second-order valence-corrected chi connectivity index (χ2v) is 7.41. The molecule has 30 heavy (non-hydrogen) atoms. The van der Waals surface area contributed by atoms with Crippen LogP contribution in [0.25, 0.3) is 22.0 Å². The Morgan fingerprint density at radius 2 is 1.73 bits per heavy atom. The topological polar surface area (TPSA) is 51.2 Å². The number of methoxy groups -OCH3 is 1. The van der Waals surface area contributed by atoms with Crippen molar-refractivity contribution in [3.63, 3.8) is 0 Å². The SMILES string of the molecule is COc1cccc(CNC(=O)c2cc(C)nc3c(-c4ccc(C)cc4)cccc23)c1. The molecule has 1 aromatic heterocycles. The van der Waals surface area contributed by atoms with E-state index < -0.39 is 0 Å². The monoisotopic (exact) mass is 396 g/mol. The summed E-state index contributed by atoms with van der Waals surface area (Å²) in [6.07, 6.45) is 0. The van der Waals surface area contributed by atoms with Gasteiger partial charge in [0.25, 0.3) is 5.91 Å². The maximum Gasteiger partial charge on any atom is 0.252 e. The Kier molecular flexibility index (Phi) is 5.48. The molecule has 0 unspecified atom stereocenters. The Morgan fingerprint density at radius 3 is 2.50 bits per heavy atom. The van der Waals surface area contributed by atoms with Crippen LogP contribution in [0.1, 0.15) is 27.2 Å². The number of amides is 1. The van der Waals surface area contributed by atoms with E-state index in [4.69, 9.17) is 9.72 Å². The van der Waals surface area contributed by atoms with Crippen molar-refractivity contribution >= 4 is 16.8 Å². The number of fused-ring (bicyclic) bond motifs is 1. The molecule has 0 aliphatic rings. The molecule has 3 aromatic carbocycles. The summed E-state index contributed by atoms with van der Waals surface area (Å²) in [5, 5.41) is 3.88. The summed E-state index contributed by atoms with van der Waals surface area (Å²) in [5.41, 5.74) is 6.60. The summed E-state index contributed by atoms with van der Waals surface area (Å²) in [6, 6.07) is 23.9. The first kappa shape index (κ1) is 19.6. The van der Waals surface area contributed by atoms with Crippen molar-refractivity contribution in [3.8, 4) is 16.9 Å². The van der Waals surface area contributed by atoms with Gasteiger partial charge in [0, 0.05) is 23.2 Å². The fourth-order valence-electron chi connectivity index (χ4n) is 3.59. The molecule has 4 aromatic rings. The number of nitrogens with one attached hydrogen (secondary N) is 1. The fourth-order valence-corrected chi connectivity index (χ4v) is 3.59. The largest absolute Gasteiger partial charge is 0.497 e. The lowest BCUT2D eigenvalue weighted by molar-refractivity contribution is 0.0952. The fraction of sp³-hybridized carbons (Fsp3) is 0.154. The number of aryl methyl sites for hydroxylation is 2. The van der Waals surface area contributed by atoms with Gasteiger partial charge in [-0.3, -0.25) is 9.78 Å². The Balaban J connectivity index is 1.69. The molecular formula is C26H24N2O2. The van der Waals surface area contributed by atoms with E-state index in [0.717, 1.165) is 39.0 Å². The van der Waals surface area contributed by atoms with Crippen LogP contribution in [-0.4, -0.2) is 18.0 Å². The summed E-state index contributed by atoms with van der Waals surface area (Å²) < 4.78 is 5.26. The van der Waals surface area contributed by atoms with Gasteiger partial charge in [0.2, 0.25) is 0 Å². The molecular weight excluding hydrogens is 372 g/mol. The van der Waals surface area contributed by atoms with Gasteiger partial charge in [-0.05, 0) is 43.2 Å². The highest BCUT2D eigenvalue weighted by molar-refractivity contribution is 6.09. The molecule has 0 aliphatic carbocycles. The van der Waals surface area contributed by atoms with Crippen LogP contribution in [0.5, 0.6) is 5.75 Å².